The first-order chi connectivity index (χ1) is 12.7. The zero-order chi connectivity index (χ0) is 17.9. The number of carbonyl (C=O) groups is 1. The number of rotatable bonds is 3. The Balaban J connectivity index is 1.58. The Hall–Kier alpha value is -2.05. The van der Waals surface area contributed by atoms with Crippen LogP contribution in [0.1, 0.15) is 28.4 Å². The Bertz CT molecular complexity index is 808. The molecule has 4 rings (SSSR count). The van der Waals surface area contributed by atoms with Crippen molar-refractivity contribution in [2.75, 3.05) is 37.0 Å². The molecule has 2 aliphatic heterocycles. The molecule has 0 bridgehead atoms. The Kier molecular flexibility index (Phi) is 5.13. The standard InChI is InChI=1S/C20H21FN2O2S/c21-16-6-3-5-14-17(8-13-26-19(14)16)22-20(24)15-4-1-2-7-18(15)23-9-11-25-12-10-23/h1-7,17H,8-13H2,(H,22,24). The molecule has 0 aliphatic carbocycles. The van der Waals surface area contributed by atoms with Gasteiger partial charge >= 0.3 is 0 Å². The van der Waals surface area contributed by atoms with Crippen LogP contribution < -0.4 is 10.2 Å². The summed E-state index contributed by atoms with van der Waals surface area (Å²) in [7, 11) is 0. The number of morpholine rings is 1. The van der Waals surface area contributed by atoms with Crippen LogP contribution in [0.3, 0.4) is 0 Å². The van der Waals surface area contributed by atoms with Crippen molar-refractivity contribution in [2.45, 2.75) is 17.4 Å². The minimum Gasteiger partial charge on any atom is -0.378 e. The number of fused-ring (bicyclic) bond motifs is 1. The van der Waals surface area contributed by atoms with E-state index in [1.807, 2.05) is 30.3 Å². The number of para-hydroxylation sites is 1. The minimum atomic E-state index is -0.208. The van der Waals surface area contributed by atoms with Gasteiger partial charge in [-0.3, -0.25) is 4.79 Å². The van der Waals surface area contributed by atoms with Crippen molar-refractivity contribution in [1.29, 1.82) is 0 Å². The Labute approximate surface area is 156 Å². The Morgan fingerprint density at radius 2 is 1.96 bits per heavy atom. The van der Waals surface area contributed by atoms with E-state index in [4.69, 9.17) is 4.74 Å². The number of anilines is 1. The summed E-state index contributed by atoms with van der Waals surface area (Å²) in [6, 6.07) is 12.6. The fourth-order valence-electron chi connectivity index (χ4n) is 3.52. The monoisotopic (exact) mass is 372 g/mol. The van der Waals surface area contributed by atoms with Crippen molar-refractivity contribution in [2.24, 2.45) is 0 Å². The maximum absolute atomic E-state index is 14.1. The second kappa shape index (κ2) is 7.68. The molecular weight excluding hydrogens is 351 g/mol. The minimum absolute atomic E-state index is 0.112. The Morgan fingerprint density at radius 3 is 2.81 bits per heavy atom. The van der Waals surface area contributed by atoms with E-state index >= 15 is 0 Å². The number of thioether (sulfide) groups is 1. The van der Waals surface area contributed by atoms with Crippen LogP contribution in [0.5, 0.6) is 0 Å². The molecule has 1 amide bonds. The molecule has 6 heteroatoms. The van der Waals surface area contributed by atoms with Crippen LogP contribution in [0.25, 0.3) is 0 Å². The van der Waals surface area contributed by atoms with Crippen LogP contribution in [-0.4, -0.2) is 38.0 Å². The molecule has 26 heavy (non-hydrogen) atoms. The number of ether oxygens (including phenoxy) is 1. The third-order valence-corrected chi connectivity index (χ3v) is 5.99. The topological polar surface area (TPSA) is 41.6 Å². The van der Waals surface area contributed by atoms with Crippen LogP contribution in [-0.2, 0) is 4.74 Å². The van der Waals surface area contributed by atoms with Gasteiger partial charge in [0.25, 0.3) is 5.91 Å². The molecule has 2 aromatic carbocycles. The highest BCUT2D eigenvalue weighted by Gasteiger charge is 2.26. The highest BCUT2D eigenvalue weighted by atomic mass is 32.2. The number of hydrogen-bond donors (Lipinski definition) is 1. The van der Waals surface area contributed by atoms with Gasteiger partial charge in [0.15, 0.2) is 0 Å². The third kappa shape index (κ3) is 3.44. The molecule has 2 heterocycles. The number of hydrogen-bond acceptors (Lipinski definition) is 4. The van der Waals surface area contributed by atoms with E-state index in [-0.39, 0.29) is 17.8 Å². The van der Waals surface area contributed by atoms with E-state index in [0.29, 0.717) is 23.7 Å². The van der Waals surface area contributed by atoms with Crippen LogP contribution in [0.2, 0.25) is 0 Å². The number of nitrogens with one attached hydrogen (secondary N) is 1. The first-order valence-corrected chi connectivity index (χ1v) is 9.86. The second-order valence-electron chi connectivity index (χ2n) is 6.44. The van der Waals surface area contributed by atoms with Crippen LogP contribution in [0.4, 0.5) is 10.1 Å². The van der Waals surface area contributed by atoms with Gasteiger partial charge in [0.05, 0.1) is 24.8 Å². The molecule has 0 spiro atoms. The summed E-state index contributed by atoms with van der Waals surface area (Å²) in [6.45, 7) is 2.89. The molecule has 0 saturated carbocycles. The maximum atomic E-state index is 14.1. The first-order valence-electron chi connectivity index (χ1n) is 8.88. The summed E-state index contributed by atoms with van der Waals surface area (Å²) < 4.78 is 19.5. The van der Waals surface area contributed by atoms with Crippen molar-refractivity contribution in [1.82, 2.24) is 5.32 Å². The molecule has 2 aliphatic rings. The van der Waals surface area contributed by atoms with Gasteiger partial charge in [0.2, 0.25) is 0 Å². The molecular formula is C20H21FN2O2S. The number of halogens is 1. The molecule has 136 valence electrons. The molecule has 1 saturated heterocycles. The second-order valence-corrected chi connectivity index (χ2v) is 7.54. The summed E-state index contributed by atoms with van der Waals surface area (Å²) in [5, 5.41) is 3.12. The third-order valence-electron chi connectivity index (χ3n) is 4.83. The number of nitrogens with zero attached hydrogens (tertiary/aromatic N) is 1. The lowest BCUT2D eigenvalue weighted by molar-refractivity contribution is 0.0933. The smallest absolute Gasteiger partial charge is 0.253 e. The van der Waals surface area contributed by atoms with Gasteiger partial charge in [-0.2, -0.15) is 0 Å². The predicted octanol–water partition coefficient (Wildman–Crippen LogP) is 3.63. The zero-order valence-corrected chi connectivity index (χ0v) is 15.2. The van der Waals surface area contributed by atoms with E-state index in [2.05, 4.69) is 10.2 Å². The quantitative estimate of drug-likeness (QED) is 0.893. The fourth-order valence-corrected chi connectivity index (χ4v) is 4.66. The van der Waals surface area contributed by atoms with E-state index in [9.17, 15) is 9.18 Å². The number of benzene rings is 2. The summed E-state index contributed by atoms with van der Waals surface area (Å²) in [5.41, 5.74) is 2.46. The average molecular weight is 372 g/mol. The summed E-state index contributed by atoms with van der Waals surface area (Å²) in [5.74, 6) is 0.476. The van der Waals surface area contributed by atoms with Crippen LogP contribution >= 0.6 is 11.8 Å². The van der Waals surface area contributed by atoms with E-state index in [1.54, 1.807) is 6.07 Å². The van der Waals surface area contributed by atoms with Gasteiger partial charge in [-0.1, -0.05) is 24.3 Å². The molecule has 2 aromatic rings. The Morgan fingerprint density at radius 1 is 1.15 bits per heavy atom. The highest BCUT2D eigenvalue weighted by molar-refractivity contribution is 7.99. The predicted molar refractivity (Wildman–Crippen MR) is 101 cm³/mol. The molecule has 0 aromatic heterocycles. The molecule has 1 unspecified atom stereocenters. The maximum Gasteiger partial charge on any atom is 0.253 e. The van der Waals surface area contributed by atoms with Gasteiger partial charge in [-0.15, -0.1) is 11.8 Å². The molecule has 1 fully saturated rings. The van der Waals surface area contributed by atoms with Gasteiger partial charge < -0.3 is 15.0 Å². The fraction of sp³-hybridized carbons (Fsp3) is 0.350. The summed E-state index contributed by atoms with van der Waals surface area (Å²) >= 11 is 1.52. The van der Waals surface area contributed by atoms with E-state index in [1.165, 1.54) is 17.8 Å². The van der Waals surface area contributed by atoms with E-state index in [0.717, 1.165) is 36.5 Å². The summed E-state index contributed by atoms with van der Waals surface area (Å²) in [6.07, 6.45) is 0.798. The van der Waals surface area contributed by atoms with Crippen molar-refractivity contribution in [3.05, 3.63) is 59.4 Å². The van der Waals surface area contributed by atoms with Crippen LogP contribution in [0, 0.1) is 5.82 Å². The van der Waals surface area contributed by atoms with Gasteiger partial charge in [-0.25, -0.2) is 4.39 Å². The number of amides is 1. The molecule has 4 nitrogen and oxygen atoms in total. The first kappa shape index (κ1) is 17.4. The SMILES string of the molecule is O=C(NC1CCSc2c(F)cccc21)c1ccccc1N1CCOCC1. The lowest BCUT2D eigenvalue weighted by Gasteiger charge is -2.31. The highest BCUT2D eigenvalue weighted by Crippen LogP contribution is 2.38. The van der Waals surface area contributed by atoms with Crippen molar-refractivity contribution in [3.8, 4) is 0 Å². The van der Waals surface area contributed by atoms with Gasteiger partial charge in [0, 0.05) is 29.4 Å². The van der Waals surface area contributed by atoms with Gasteiger partial charge in [0.1, 0.15) is 5.82 Å². The molecule has 1 N–H and O–H groups in total. The lowest BCUT2D eigenvalue weighted by Crippen LogP contribution is -2.38. The van der Waals surface area contributed by atoms with Crippen LogP contribution in [0.15, 0.2) is 47.4 Å². The molecule has 0 radical (unpaired) electrons. The average Bonchev–Trinajstić information content (AvgIpc) is 2.69. The molecule has 1 atom stereocenters. The van der Waals surface area contributed by atoms with Crippen molar-refractivity contribution < 1.29 is 13.9 Å². The lowest BCUT2D eigenvalue weighted by atomic mass is 10.0. The van der Waals surface area contributed by atoms with Crippen molar-refractivity contribution >= 4 is 23.4 Å². The summed E-state index contributed by atoms with van der Waals surface area (Å²) in [4.78, 5) is 15.8. The number of carbonyl (C=O) groups excluding carboxylic acids is 1. The zero-order valence-electron chi connectivity index (χ0n) is 14.4. The van der Waals surface area contributed by atoms with E-state index < -0.39 is 0 Å². The largest absolute Gasteiger partial charge is 0.378 e. The normalized spacial score (nSPS) is 19.7. The van der Waals surface area contributed by atoms with Crippen molar-refractivity contribution in [3.63, 3.8) is 0 Å². The van der Waals surface area contributed by atoms with Gasteiger partial charge in [-0.05, 0) is 30.2 Å².